The van der Waals surface area contributed by atoms with Crippen molar-refractivity contribution in [2.75, 3.05) is 19.4 Å². The van der Waals surface area contributed by atoms with Gasteiger partial charge in [0.1, 0.15) is 5.41 Å². The van der Waals surface area contributed by atoms with Gasteiger partial charge in [0.05, 0.1) is 6.04 Å². The number of halogens is 2. The van der Waals surface area contributed by atoms with Gasteiger partial charge in [-0.3, -0.25) is 9.59 Å². The Morgan fingerprint density at radius 3 is 2.41 bits per heavy atom. The third kappa shape index (κ3) is 3.70. The lowest BCUT2D eigenvalue weighted by molar-refractivity contribution is -0.131. The molecule has 2 N–H and O–H groups in total. The number of carbonyl (C=O) groups excluding carboxylic acids is 2. The number of amides is 2. The fourth-order valence-corrected chi connectivity index (χ4v) is 5.76. The molecule has 2 amide bonds. The number of likely N-dealkylation sites (N-methyl/N-ethyl adjacent to an activating group) is 1. The lowest BCUT2D eigenvalue weighted by Gasteiger charge is -2.37. The fourth-order valence-electron chi connectivity index (χ4n) is 5.39. The summed E-state index contributed by atoms with van der Waals surface area (Å²) < 4.78 is 0. The van der Waals surface area contributed by atoms with Gasteiger partial charge >= 0.3 is 0 Å². The first-order valence-electron chi connectivity index (χ1n) is 10.8. The molecule has 2 aromatic carbocycles. The normalized spacial score (nSPS) is 26.8. The van der Waals surface area contributed by atoms with E-state index >= 15 is 0 Å². The third-order valence-corrected chi connectivity index (χ3v) is 7.01. The highest BCUT2D eigenvalue weighted by atomic mass is 35.5. The van der Waals surface area contributed by atoms with Gasteiger partial charge in [0.15, 0.2) is 0 Å². The minimum absolute atomic E-state index is 0.0685. The number of fused-ring (bicyclic) bond motifs is 2. The molecule has 7 heteroatoms. The van der Waals surface area contributed by atoms with Crippen LogP contribution in [-0.4, -0.2) is 42.9 Å². The van der Waals surface area contributed by atoms with Crippen LogP contribution in [0.5, 0.6) is 0 Å². The number of hydrogen-bond donors (Lipinski definition) is 2. The number of rotatable bonds is 3. The van der Waals surface area contributed by atoms with Gasteiger partial charge in [0.2, 0.25) is 11.8 Å². The van der Waals surface area contributed by atoms with E-state index in [9.17, 15) is 9.59 Å². The molecular formula is C25H29Cl2N3O2. The highest BCUT2D eigenvalue weighted by Crippen LogP contribution is 2.56. The van der Waals surface area contributed by atoms with Crippen molar-refractivity contribution < 1.29 is 9.59 Å². The highest BCUT2D eigenvalue weighted by molar-refractivity contribution is 6.31. The number of nitrogens with zero attached hydrogens (tertiary/aromatic N) is 1. The average Bonchev–Trinajstić information content (AvgIpc) is 3.15. The standard InChI is InChI=1S/C25H29Cl2N3O2/c1-24(2,3)13-19-25(17-10-9-16(27)12-18(17)28-23(25)32)20(14-7-6-8-15(26)11-14)21(29-19)22(31)30(4)5/h6-12,19-21,29H,13H2,1-5H3,(H,28,32)/t19?,20-,21-,25-/m0/s1. The number of benzene rings is 2. The average molecular weight is 474 g/mol. The molecule has 2 aliphatic rings. The van der Waals surface area contributed by atoms with E-state index in [-0.39, 0.29) is 23.3 Å². The van der Waals surface area contributed by atoms with Crippen molar-refractivity contribution >= 4 is 40.7 Å². The second-order valence-electron chi connectivity index (χ2n) is 10.2. The topological polar surface area (TPSA) is 61.4 Å². The summed E-state index contributed by atoms with van der Waals surface area (Å²) >= 11 is 12.6. The zero-order valence-electron chi connectivity index (χ0n) is 19.0. The molecule has 5 nitrogen and oxygen atoms in total. The molecule has 32 heavy (non-hydrogen) atoms. The van der Waals surface area contributed by atoms with Crippen molar-refractivity contribution in [1.29, 1.82) is 0 Å². The van der Waals surface area contributed by atoms with E-state index in [4.69, 9.17) is 23.2 Å². The predicted molar refractivity (Wildman–Crippen MR) is 129 cm³/mol. The van der Waals surface area contributed by atoms with Crippen LogP contribution in [0.15, 0.2) is 42.5 Å². The monoisotopic (exact) mass is 473 g/mol. The number of nitrogens with one attached hydrogen (secondary N) is 2. The van der Waals surface area contributed by atoms with Crippen molar-refractivity contribution in [2.45, 2.75) is 50.6 Å². The molecule has 2 heterocycles. The van der Waals surface area contributed by atoms with Crippen molar-refractivity contribution in [3.63, 3.8) is 0 Å². The van der Waals surface area contributed by atoms with E-state index in [0.29, 0.717) is 22.2 Å². The van der Waals surface area contributed by atoms with Crippen LogP contribution in [0.3, 0.4) is 0 Å². The van der Waals surface area contributed by atoms with Crippen molar-refractivity contribution in [3.8, 4) is 0 Å². The van der Waals surface area contributed by atoms with E-state index in [1.54, 1.807) is 31.1 Å². The summed E-state index contributed by atoms with van der Waals surface area (Å²) in [5, 5.41) is 7.78. The van der Waals surface area contributed by atoms with Crippen molar-refractivity contribution in [1.82, 2.24) is 10.2 Å². The van der Waals surface area contributed by atoms with Gasteiger partial charge in [-0.05, 0) is 47.2 Å². The van der Waals surface area contributed by atoms with Gasteiger partial charge < -0.3 is 15.5 Å². The van der Waals surface area contributed by atoms with Gasteiger partial charge in [0, 0.05) is 41.8 Å². The molecule has 1 fully saturated rings. The van der Waals surface area contributed by atoms with E-state index in [2.05, 4.69) is 31.4 Å². The molecule has 1 spiro atoms. The summed E-state index contributed by atoms with van der Waals surface area (Å²) in [6.07, 6.45) is 0.705. The Labute approximate surface area is 199 Å². The van der Waals surface area contributed by atoms with E-state index in [1.807, 2.05) is 30.3 Å². The van der Waals surface area contributed by atoms with Crippen LogP contribution in [0.2, 0.25) is 10.0 Å². The quantitative estimate of drug-likeness (QED) is 0.670. The van der Waals surface area contributed by atoms with Crippen molar-refractivity contribution in [3.05, 3.63) is 63.6 Å². The molecule has 2 aromatic rings. The van der Waals surface area contributed by atoms with Crippen LogP contribution in [0.1, 0.15) is 44.2 Å². The second kappa shape index (κ2) is 8.05. The van der Waals surface area contributed by atoms with E-state index in [1.165, 1.54) is 0 Å². The molecule has 4 rings (SSSR count). The first-order valence-corrected chi connectivity index (χ1v) is 11.5. The molecule has 0 bridgehead atoms. The maximum Gasteiger partial charge on any atom is 0.239 e. The van der Waals surface area contributed by atoms with E-state index < -0.39 is 17.4 Å². The fraction of sp³-hybridized carbons (Fsp3) is 0.440. The molecule has 1 saturated heterocycles. The van der Waals surface area contributed by atoms with Crippen LogP contribution >= 0.6 is 23.2 Å². The Morgan fingerprint density at radius 1 is 1.09 bits per heavy atom. The van der Waals surface area contributed by atoms with Gasteiger partial charge in [-0.15, -0.1) is 0 Å². The number of hydrogen-bond acceptors (Lipinski definition) is 3. The predicted octanol–water partition coefficient (Wildman–Crippen LogP) is 4.83. The molecule has 0 aliphatic carbocycles. The zero-order valence-corrected chi connectivity index (χ0v) is 20.5. The minimum atomic E-state index is -0.978. The van der Waals surface area contributed by atoms with E-state index in [0.717, 1.165) is 11.1 Å². The first kappa shape index (κ1) is 23.1. The maximum atomic E-state index is 13.9. The van der Waals surface area contributed by atoms with Crippen molar-refractivity contribution in [2.24, 2.45) is 5.41 Å². The van der Waals surface area contributed by atoms with Gasteiger partial charge in [-0.2, -0.15) is 0 Å². The Morgan fingerprint density at radius 2 is 1.78 bits per heavy atom. The van der Waals surface area contributed by atoms with Crippen LogP contribution in [0.4, 0.5) is 5.69 Å². The molecule has 4 atom stereocenters. The van der Waals surface area contributed by atoms with Crippen LogP contribution in [0, 0.1) is 5.41 Å². The van der Waals surface area contributed by atoms with Gasteiger partial charge in [0.25, 0.3) is 0 Å². The molecule has 2 aliphatic heterocycles. The number of anilines is 1. The third-order valence-electron chi connectivity index (χ3n) is 6.54. The molecule has 0 radical (unpaired) electrons. The molecule has 0 saturated carbocycles. The second-order valence-corrected chi connectivity index (χ2v) is 11.1. The maximum absolute atomic E-state index is 13.9. The lowest BCUT2D eigenvalue weighted by Crippen LogP contribution is -2.49. The Kier molecular flexibility index (Phi) is 5.81. The summed E-state index contributed by atoms with van der Waals surface area (Å²) in [6, 6.07) is 12.2. The smallest absolute Gasteiger partial charge is 0.239 e. The Bertz CT molecular complexity index is 1080. The summed E-state index contributed by atoms with van der Waals surface area (Å²) in [5.74, 6) is -0.623. The summed E-state index contributed by atoms with van der Waals surface area (Å²) in [7, 11) is 3.48. The molecular weight excluding hydrogens is 445 g/mol. The van der Waals surface area contributed by atoms with Gasteiger partial charge in [-0.25, -0.2) is 0 Å². The first-order chi connectivity index (χ1) is 14.9. The minimum Gasteiger partial charge on any atom is -0.347 e. The van der Waals surface area contributed by atoms with Crippen LogP contribution in [0.25, 0.3) is 0 Å². The van der Waals surface area contributed by atoms with Crippen LogP contribution < -0.4 is 10.6 Å². The summed E-state index contributed by atoms with van der Waals surface area (Å²) in [4.78, 5) is 28.9. The Balaban J connectivity index is 2.01. The molecule has 0 aromatic heterocycles. The molecule has 170 valence electrons. The number of carbonyl (C=O) groups is 2. The summed E-state index contributed by atoms with van der Waals surface area (Å²) in [6.45, 7) is 6.44. The largest absolute Gasteiger partial charge is 0.347 e. The highest BCUT2D eigenvalue weighted by Gasteiger charge is 2.65. The Hall–Kier alpha value is -2.08. The summed E-state index contributed by atoms with van der Waals surface area (Å²) in [5.41, 5.74) is 1.38. The van der Waals surface area contributed by atoms with Crippen LogP contribution in [-0.2, 0) is 15.0 Å². The molecule has 1 unspecified atom stereocenters. The van der Waals surface area contributed by atoms with Gasteiger partial charge in [-0.1, -0.05) is 62.2 Å². The lowest BCUT2D eigenvalue weighted by atomic mass is 9.62. The zero-order chi connectivity index (χ0) is 23.4. The SMILES string of the molecule is CN(C)C(=O)[C@H]1NC(CC(C)(C)C)[C@]2(C(=O)Nc3cc(Cl)ccc32)[C@H]1c1cccc(Cl)c1.